The summed E-state index contributed by atoms with van der Waals surface area (Å²) in [5, 5.41) is 12.1. The smallest absolute Gasteiger partial charge is 0.254 e. The predicted molar refractivity (Wildman–Crippen MR) is 104 cm³/mol. The minimum Gasteiger partial charge on any atom is -0.508 e. The average Bonchev–Trinajstić information content (AvgIpc) is 2.67. The van der Waals surface area contributed by atoms with Gasteiger partial charge in [-0.25, -0.2) is 8.42 Å². The van der Waals surface area contributed by atoms with E-state index in [0.29, 0.717) is 11.3 Å². The Kier molecular flexibility index (Phi) is 5.66. The number of hydrogen-bond donors (Lipinski definition) is 2. The number of carbonyl (C=O) groups excluding carboxylic acids is 2. The van der Waals surface area contributed by atoms with Crippen molar-refractivity contribution in [1.29, 1.82) is 0 Å². The molecule has 0 unspecified atom stereocenters. The molecule has 0 atom stereocenters. The highest BCUT2D eigenvalue weighted by Gasteiger charge is 2.30. The molecule has 0 bridgehead atoms. The molecule has 2 aromatic carbocycles. The quantitative estimate of drug-likeness (QED) is 0.805. The fourth-order valence-corrected chi connectivity index (χ4v) is 4.44. The number of sulfonamides is 1. The molecule has 2 amide bonds. The first-order valence-corrected chi connectivity index (χ1v) is 10.2. The Labute approximate surface area is 163 Å². The van der Waals surface area contributed by atoms with Gasteiger partial charge in [-0.1, -0.05) is 6.07 Å². The van der Waals surface area contributed by atoms with Crippen LogP contribution < -0.4 is 5.32 Å². The maximum absolute atomic E-state index is 12.8. The van der Waals surface area contributed by atoms with E-state index in [9.17, 15) is 23.1 Å². The molecule has 1 aliphatic rings. The number of hydrogen-bond acceptors (Lipinski definition) is 5. The van der Waals surface area contributed by atoms with Gasteiger partial charge in [-0.05, 0) is 42.5 Å². The Morgan fingerprint density at radius 2 is 1.64 bits per heavy atom. The molecule has 1 heterocycles. The van der Waals surface area contributed by atoms with Crippen molar-refractivity contribution in [3.63, 3.8) is 0 Å². The Morgan fingerprint density at radius 3 is 2.21 bits per heavy atom. The third-order valence-electron chi connectivity index (χ3n) is 4.43. The molecular weight excluding hydrogens is 382 g/mol. The molecule has 1 aliphatic heterocycles. The van der Waals surface area contributed by atoms with Gasteiger partial charge in [-0.3, -0.25) is 9.59 Å². The second-order valence-corrected chi connectivity index (χ2v) is 8.39. The summed E-state index contributed by atoms with van der Waals surface area (Å²) >= 11 is 0. The Hall–Kier alpha value is -2.91. The van der Waals surface area contributed by atoms with E-state index in [1.807, 2.05) is 0 Å². The molecule has 3 rings (SSSR count). The minimum atomic E-state index is -3.69. The zero-order valence-corrected chi connectivity index (χ0v) is 16.1. The Bertz CT molecular complexity index is 981. The van der Waals surface area contributed by atoms with Crippen LogP contribution in [0.4, 0.5) is 5.69 Å². The van der Waals surface area contributed by atoms with Gasteiger partial charge in [0.2, 0.25) is 15.9 Å². The molecule has 1 saturated heterocycles. The van der Waals surface area contributed by atoms with Crippen LogP contribution in [-0.4, -0.2) is 60.7 Å². The second-order valence-electron chi connectivity index (χ2n) is 6.45. The molecule has 0 aromatic heterocycles. The van der Waals surface area contributed by atoms with E-state index in [1.165, 1.54) is 47.6 Å². The molecule has 0 radical (unpaired) electrons. The van der Waals surface area contributed by atoms with Gasteiger partial charge in [0, 0.05) is 44.4 Å². The van der Waals surface area contributed by atoms with E-state index in [2.05, 4.69) is 5.32 Å². The summed E-state index contributed by atoms with van der Waals surface area (Å²) in [6, 6.07) is 12.1. The van der Waals surface area contributed by atoms with Crippen LogP contribution in [0.2, 0.25) is 0 Å². The summed E-state index contributed by atoms with van der Waals surface area (Å²) in [7, 11) is -3.69. The fraction of sp³-hybridized carbons (Fsp3) is 0.263. The van der Waals surface area contributed by atoms with E-state index < -0.39 is 10.0 Å². The zero-order chi connectivity index (χ0) is 20.3. The fourth-order valence-electron chi connectivity index (χ4n) is 3.02. The van der Waals surface area contributed by atoms with Crippen molar-refractivity contribution in [3.05, 3.63) is 54.1 Å². The highest BCUT2D eigenvalue weighted by Crippen LogP contribution is 2.21. The van der Waals surface area contributed by atoms with Gasteiger partial charge < -0.3 is 15.3 Å². The first-order chi connectivity index (χ1) is 13.3. The number of carbonyl (C=O) groups is 2. The van der Waals surface area contributed by atoms with Crippen LogP contribution in [-0.2, 0) is 14.8 Å². The molecule has 0 saturated carbocycles. The van der Waals surface area contributed by atoms with Crippen LogP contribution in [0.1, 0.15) is 17.3 Å². The number of aromatic hydroxyl groups is 1. The van der Waals surface area contributed by atoms with Crippen LogP contribution in [0.5, 0.6) is 5.75 Å². The normalized spacial score (nSPS) is 15.2. The number of benzene rings is 2. The van der Waals surface area contributed by atoms with Gasteiger partial charge in [0.05, 0.1) is 4.90 Å². The molecule has 8 nitrogen and oxygen atoms in total. The summed E-state index contributed by atoms with van der Waals surface area (Å²) in [5.41, 5.74) is 0.887. The molecule has 0 spiro atoms. The molecule has 2 N–H and O–H groups in total. The third-order valence-corrected chi connectivity index (χ3v) is 6.34. The van der Waals surface area contributed by atoms with Crippen LogP contribution in [0, 0.1) is 0 Å². The van der Waals surface area contributed by atoms with Gasteiger partial charge in [-0.2, -0.15) is 4.31 Å². The van der Waals surface area contributed by atoms with Crippen molar-refractivity contribution >= 4 is 27.5 Å². The van der Waals surface area contributed by atoms with Crippen LogP contribution in [0.25, 0.3) is 0 Å². The molecule has 2 aromatic rings. The topological polar surface area (TPSA) is 107 Å². The van der Waals surface area contributed by atoms with Crippen molar-refractivity contribution in [2.75, 3.05) is 31.5 Å². The van der Waals surface area contributed by atoms with Gasteiger partial charge >= 0.3 is 0 Å². The number of anilines is 1. The van der Waals surface area contributed by atoms with E-state index in [0.717, 1.165) is 0 Å². The zero-order valence-electron chi connectivity index (χ0n) is 15.3. The van der Waals surface area contributed by atoms with Crippen molar-refractivity contribution in [3.8, 4) is 5.75 Å². The maximum atomic E-state index is 12.8. The summed E-state index contributed by atoms with van der Waals surface area (Å²) in [6.45, 7) is 2.26. The number of nitrogens with zero attached hydrogens (tertiary/aromatic N) is 2. The molecular formula is C19H21N3O5S. The average molecular weight is 403 g/mol. The predicted octanol–water partition coefficient (Wildman–Crippen LogP) is 1.50. The highest BCUT2D eigenvalue weighted by molar-refractivity contribution is 7.89. The SMILES string of the molecule is CC(=O)Nc1ccc(S(=O)(=O)N2CCN(C(=O)c3cccc(O)c3)CC2)cc1. The second kappa shape index (κ2) is 7.99. The number of piperazine rings is 1. The first kappa shape index (κ1) is 19.8. The highest BCUT2D eigenvalue weighted by atomic mass is 32.2. The number of rotatable bonds is 4. The van der Waals surface area contributed by atoms with Crippen molar-refractivity contribution in [2.45, 2.75) is 11.8 Å². The van der Waals surface area contributed by atoms with E-state index in [-0.39, 0.29) is 48.6 Å². The molecule has 1 fully saturated rings. The molecule has 148 valence electrons. The lowest BCUT2D eigenvalue weighted by Gasteiger charge is -2.34. The van der Waals surface area contributed by atoms with E-state index in [4.69, 9.17) is 0 Å². The van der Waals surface area contributed by atoms with Gasteiger partial charge in [-0.15, -0.1) is 0 Å². The lowest BCUT2D eigenvalue weighted by Crippen LogP contribution is -2.50. The van der Waals surface area contributed by atoms with Crippen molar-refractivity contribution in [2.24, 2.45) is 0 Å². The van der Waals surface area contributed by atoms with E-state index >= 15 is 0 Å². The minimum absolute atomic E-state index is 0.00905. The van der Waals surface area contributed by atoms with E-state index in [1.54, 1.807) is 17.0 Å². The standard InChI is InChI=1S/C19H21N3O5S/c1-14(23)20-16-5-7-18(8-6-16)28(26,27)22-11-9-21(10-12-22)19(25)15-3-2-4-17(24)13-15/h2-8,13,24H,9-12H2,1H3,(H,20,23). The lowest BCUT2D eigenvalue weighted by atomic mass is 10.2. The van der Waals surface area contributed by atoms with Crippen LogP contribution in [0.3, 0.4) is 0 Å². The van der Waals surface area contributed by atoms with Gasteiger partial charge in [0.1, 0.15) is 5.75 Å². The summed E-state index contributed by atoms with van der Waals surface area (Å²) in [5.74, 6) is -0.467. The number of amides is 2. The van der Waals surface area contributed by atoms with Crippen LogP contribution in [0.15, 0.2) is 53.4 Å². The van der Waals surface area contributed by atoms with Crippen molar-refractivity contribution in [1.82, 2.24) is 9.21 Å². The number of phenolic OH excluding ortho intramolecular Hbond substituents is 1. The Morgan fingerprint density at radius 1 is 1.00 bits per heavy atom. The summed E-state index contributed by atoms with van der Waals surface area (Å²) < 4.78 is 27.0. The third kappa shape index (κ3) is 4.32. The lowest BCUT2D eigenvalue weighted by molar-refractivity contribution is -0.114. The molecule has 28 heavy (non-hydrogen) atoms. The molecule has 0 aliphatic carbocycles. The monoisotopic (exact) mass is 403 g/mol. The number of phenols is 1. The summed E-state index contributed by atoms with van der Waals surface area (Å²) in [6.07, 6.45) is 0. The largest absolute Gasteiger partial charge is 0.508 e. The number of nitrogens with one attached hydrogen (secondary N) is 1. The van der Waals surface area contributed by atoms with Gasteiger partial charge in [0.15, 0.2) is 0 Å². The van der Waals surface area contributed by atoms with Crippen LogP contribution >= 0.6 is 0 Å². The first-order valence-electron chi connectivity index (χ1n) is 8.73. The molecule has 9 heteroatoms. The Balaban J connectivity index is 1.66. The maximum Gasteiger partial charge on any atom is 0.254 e. The summed E-state index contributed by atoms with van der Waals surface area (Å²) in [4.78, 5) is 25.3. The van der Waals surface area contributed by atoms with Gasteiger partial charge in [0.25, 0.3) is 5.91 Å². The van der Waals surface area contributed by atoms with Crippen molar-refractivity contribution < 1.29 is 23.1 Å².